The van der Waals surface area contributed by atoms with Crippen LogP contribution in [0.4, 0.5) is 0 Å². The van der Waals surface area contributed by atoms with E-state index >= 15 is 0 Å². The van der Waals surface area contributed by atoms with E-state index in [1.165, 1.54) is 17.5 Å². The highest BCUT2D eigenvalue weighted by molar-refractivity contribution is 5.39. The predicted octanol–water partition coefficient (Wildman–Crippen LogP) is 2.83. The molecule has 0 spiro atoms. The Morgan fingerprint density at radius 2 is 2.17 bits per heavy atom. The summed E-state index contributed by atoms with van der Waals surface area (Å²) in [6, 6.07) is 6.44. The van der Waals surface area contributed by atoms with Crippen molar-refractivity contribution < 1.29 is 9.47 Å². The van der Waals surface area contributed by atoms with Crippen LogP contribution in [0.5, 0.6) is 5.75 Å². The summed E-state index contributed by atoms with van der Waals surface area (Å²) < 4.78 is 11.1. The van der Waals surface area contributed by atoms with E-state index < -0.39 is 0 Å². The largest absolute Gasteiger partial charge is 0.491 e. The molecule has 0 saturated heterocycles. The van der Waals surface area contributed by atoms with Gasteiger partial charge in [-0.25, -0.2) is 0 Å². The second-order valence-electron chi connectivity index (χ2n) is 5.13. The molecule has 2 N–H and O–H groups in total. The summed E-state index contributed by atoms with van der Waals surface area (Å²) in [5.74, 6) is 0.901. The van der Waals surface area contributed by atoms with Crippen LogP contribution in [0.25, 0.3) is 0 Å². The Kier molecular flexibility index (Phi) is 4.61. The lowest BCUT2D eigenvalue weighted by atomic mass is 9.88. The quantitative estimate of drug-likeness (QED) is 0.816. The molecule has 3 nitrogen and oxygen atoms in total. The van der Waals surface area contributed by atoms with Crippen molar-refractivity contribution in [3.63, 3.8) is 0 Å². The third kappa shape index (κ3) is 3.47. The zero-order chi connectivity index (χ0) is 13.0. The molecule has 0 saturated carbocycles. The fourth-order valence-electron chi connectivity index (χ4n) is 2.35. The van der Waals surface area contributed by atoms with Gasteiger partial charge >= 0.3 is 0 Å². The molecule has 0 aliphatic heterocycles. The number of hydrogen-bond acceptors (Lipinski definition) is 3. The maximum atomic E-state index is 6.13. The maximum Gasteiger partial charge on any atom is 0.119 e. The minimum atomic E-state index is 0.171. The third-order valence-corrected chi connectivity index (χ3v) is 3.28. The maximum absolute atomic E-state index is 6.13. The van der Waals surface area contributed by atoms with Crippen LogP contribution in [0.15, 0.2) is 18.2 Å². The van der Waals surface area contributed by atoms with E-state index in [0.717, 1.165) is 18.6 Å². The number of benzene rings is 1. The van der Waals surface area contributed by atoms with Gasteiger partial charge in [0.2, 0.25) is 0 Å². The van der Waals surface area contributed by atoms with Crippen LogP contribution in [-0.4, -0.2) is 19.3 Å². The van der Waals surface area contributed by atoms with Crippen LogP contribution >= 0.6 is 0 Å². The fourth-order valence-corrected chi connectivity index (χ4v) is 2.35. The Labute approximate surface area is 109 Å². The summed E-state index contributed by atoms with van der Waals surface area (Å²) in [4.78, 5) is 0. The van der Waals surface area contributed by atoms with Gasteiger partial charge in [0.25, 0.3) is 0 Å². The molecule has 1 aliphatic rings. The van der Waals surface area contributed by atoms with Gasteiger partial charge in [0.05, 0.1) is 12.7 Å². The summed E-state index contributed by atoms with van der Waals surface area (Å²) in [6.45, 7) is 5.27. The van der Waals surface area contributed by atoms with E-state index in [-0.39, 0.29) is 12.1 Å². The van der Waals surface area contributed by atoms with Crippen LogP contribution < -0.4 is 10.5 Å². The molecule has 0 bridgehead atoms. The van der Waals surface area contributed by atoms with Gasteiger partial charge < -0.3 is 15.2 Å². The molecule has 2 rings (SSSR count). The predicted molar refractivity (Wildman–Crippen MR) is 72.9 cm³/mol. The van der Waals surface area contributed by atoms with Gasteiger partial charge in [-0.05, 0) is 56.4 Å². The first-order valence-corrected chi connectivity index (χ1v) is 6.79. The van der Waals surface area contributed by atoms with E-state index in [2.05, 4.69) is 12.1 Å². The first kappa shape index (κ1) is 13.4. The molecule has 1 aromatic rings. The van der Waals surface area contributed by atoms with Crippen LogP contribution in [0.1, 0.15) is 43.9 Å². The molecule has 0 heterocycles. The number of aryl methyl sites for hydroxylation is 1. The van der Waals surface area contributed by atoms with Crippen molar-refractivity contribution in [1.82, 2.24) is 0 Å². The molecule has 3 heteroatoms. The molecule has 100 valence electrons. The van der Waals surface area contributed by atoms with Gasteiger partial charge in [0.1, 0.15) is 12.4 Å². The second-order valence-corrected chi connectivity index (χ2v) is 5.13. The molecule has 18 heavy (non-hydrogen) atoms. The number of rotatable bonds is 5. The molecule has 0 fully saturated rings. The molecule has 1 aromatic carbocycles. The van der Waals surface area contributed by atoms with Crippen molar-refractivity contribution in [1.29, 1.82) is 0 Å². The average Bonchev–Trinajstić information content (AvgIpc) is 2.35. The lowest BCUT2D eigenvalue weighted by molar-refractivity contribution is 0.0552. The van der Waals surface area contributed by atoms with Gasteiger partial charge in [-0.15, -0.1) is 0 Å². The van der Waals surface area contributed by atoms with Gasteiger partial charge in [-0.3, -0.25) is 0 Å². The first-order valence-electron chi connectivity index (χ1n) is 6.79. The fraction of sp³-hybridized carbons (Fsp3) is 0.600. The van der Waals surface area contributed by atoms with E-state index in [0.29, 0.717) is 13.2 Å². The first-order chi connectivity index (χ1) is 8.66. The second kappa shape index (κ2) is 6.21. The monoisotopic (exact) mass is 249 g/mol. The summed E-state index contributed by atoms with van der Waals surface area (Å²) >= 11 is 0. The Bertz CT molecular complexity index is 390. The smallest absolute Gasteiger partial charge is 0.119 e. The highest BCUT2D eigenvalue weighted by Crippen LogP contribution is 2.30. The normalized spacial score (nSPS) is 18.8. The van der Waals surface area contributed by atoms with Crippen molar-refractivity contribution in [2.45, 2.75) is 45.3 Å². The Morgan fingerprint density at radius 3 is 2.94 bits per heavy atom. The summed E-state index contributed by atoms with van der Waals surface area (Å²) in [5, 5.41) is 0. The Hall–Kier alpha value is -1.06. The zero-order valence-corrected chi connectivity index (χ0v) is 11.3. The molecule has 0 amide bonds. The lowest BCUT2D eigenvalue weighted by Gasteiger charge is -2.22. The third-order valence-electron chi connectivity index (χ3n) is 3.28. The number of fused-ring (bicyclic) bond motifs is 1. The van der Waals surface area contributed by atoms with E-state index in [1.54, 1.807) is 0 Å². The molecular weight excluding hydrogens is 226 g/mol. The lowest BCUT2D eigenvalue weighted by Crippen LogP contribution is -2.17. The number of nitrogens with two attached hydrogens (primary N) is 1. The number of ether oxygens (including phenoxy) is 2. The minimum Gasteiger partial charge on any atom is -0.491 e. The van der Waals surface area contributed by atoms with E-state index in [1.807, 2.05) is 19.9 Å². The van der Waals surface area contributed by atoms with E-state index in [9.17, 15) is 0 Å². The van der Waals surface area contributed by atoms with Gasteiger partial charge in [0.15, 0.2) is 0 Å². The highest BCUT2D eigenvalue weighted by Gasteiger charge is 2.17. The Balaban J connectivity index is 1.92. The Morgan fingerprint density at radius 1 is 1.33 bits per heavy atom. The molecule has 0 aromatic heterocycles. The molecule has 1 atom stereocenters. The highest BCUT2D eigenvalue weighted by atomic mass is 16.5. The van der Waals surface area contributed by atoms with Crippen LogP contribution in [0.2, 0.25) is 0 Å². The molecule has 1 aliphatic carbocycles. The minimum absolute atomic E-state index is 0.171. The van der Waals surface area contributed by atoms with Crippen LogP contribution in [0, 0.1) is 0 Å². The van der Waals surface area contributed by atoms with E-state index in [4.69, 9.17) is 15.2 Å². The molecule has 0 radical (unpaired) electrons. The van der Waals surface area contributed by atoms with Crippen LogP contribution in [0.3, 0.4) is 0 Å². The zero-order valence-electron chi connectivity index (χ0n) is 11.3. The topological polar surface area (TPSA) is 44.5 Å². The van der Waals surface area contributed by atoms with Crippen LogP contribution in [-0.2, 0) is 11.2 Å². The average molecular weight is 249 g/mol. The van der Waals surface area contributed by atoms with Crippen molar-refractivity contribution >= 4 is 0 Å². The number of hydrogen-bond donors (Lipinski definition) is 1. The molecule has 0 unspecified atom stereocenters. The standard InChI is InChI=1S/C15H23NO2/c1-11(2)17-8-9-18-13-7-6-12-4-3-5-15(16)14(12)10-13/h6-7,10-11,15H,3-5,8-9,16H2,1-2H3/t15-/m1/s1. The molecular formula is C15H23NO2. The summed E-state index contributed by atoms with van der Waals surface area (Å²) in [5.41, 5.74) is 8.76. The van der Waals surface area contributed by atoms with Crippen molar-refractivity contribution in [3.05, 3.63) is 29.3 Å². The van der Waals surface area contributed by atoms with Gasteiger partial charge in [-0.1, -0.05) is 6.07 Å². The van der Waals surface area contributed by atoms with Gasteiger partial charge in [0, 0.05) is 6.04 Å². The van der Waals surface area contributed by atoms with Crippen molar-refractivity contribution in [3.8, 4) is 5.75 Å². The van der Waals surface area contributed by atoms with Crippen molar-refractivity contribution in [2.24, 2.45) is 5.73 Å². The summed E-state index contributed by atoms with van der Waals surface area (Å²) in [6.07, 6.45) is 3.66. The SMILES string of the molecule is CC(C)OCCOc1ccc2c(c1)[C@H](N)CCC2. The van der Waals surface area contributed by atoms with Crippen molar-refractivity contribution in [2.75, 3.05) is 13.2 Å². The van der Waals surface area contributed by atoms with Gasteiger partial charge in [-0.2, -0.15) is 0 Å². The summed E-state index contributed by atoms with van der Waals surface area (Å²) in [7, 11) is 0.